The van der Waals surface area contributed by atoms with Gasteiger partial charge >= 0.3 is 11.9 Å². The Morgan fingerprint density at radius 2 is 1.75 bits per heavy atom. The van der Waals surface area contributed by atoms with Crippen LogP contribution >= 0.6 is 0 Å². The molecule has 0 radical (unpaired) electrons. The van der Waals surface area contributed by atoms with Gasteiger partial charge in [0.25, 0.3) is 0 Å². The molecule has 0 spiro atoms. The highest BCUT2D eigenvalue weighted by Gasteiger charge is 2.41. The van der Waals surface area contributed by atoms with Crippen LogP contribution in [0.4, 0.5) is 4.39 Å². The number of ether oxygens (including phenoxy) is 1. The van der Waals surface area contributed by atoms with Gasteiger partial charge in [-0.05, 0) is 35.9 Å². The fourth-order valence-electron chi connectivity index (χ4n) is 2.82. The molecule has 3 aromatic rings. The number of carboxylic acids is 1. The molecule has 0 aliphatic carbocycles. The molecule has 6 nitrogen and oxygen atoms in total. The van der Waals surface area contributed by atoms with Crippen molar-refractivity contribution in [2.24, 2.45) is 5.73 Å². The number of nitrogens with two attached hydrogens (primary N) is 1. The lowest BCUT2D eigenvalue weighted by atomic mass is 9.89. The number of carbonyl (C=O) groups excluding carboxylic acids is 1. The van der Waals surface area contributed by atoms with Crippen LogP contribution in [-0.2, 0) is 26.5 Å². The van der Waals surface area contributed by atoms with Crippen LogP contribution in [0.2, 0.25) is 0 Å². The zero-order valence-electron chi connectivity index (χ0n) is 14.9. The first kappa shape index (κ1) is 19.3. The maximum absolute atomic E-state index is 13.1. The highest BCUT2D eigenvalue weighted by molar-refractivity contribution is 5.87. The van der Waals surface area contributed by atoms with Gasteiger partial charge in [-0.15, -0.1) is 0 Å². The maximum Gasteiger partial charge on any atom is 0.331 e. The number of hydrogen-bond donors (Lipinski definition) is 2. The quantitative estimate of drug-likeness (QED) is 0.613. The van der Waals surface area contributed by atoms with Crippen molar-refractivity contribution in [2.75, 3.05) is 0 Å². The third-order valence-corrected chi connectivity index (χ3v) is 4.34. The number of nitrogens with zero attached hydrogens (tertiary/aromatic N) is 1. The van der Waals surface area contributed by atoms with Crippen LogP contribution in [0.5, 0.6) is 0 Å². The standard InChI is InChI=1S/C21H19FN2O4/c22-17-6-8-18(9-7-17)24-11-10-16(13-24)21(23,12-19(25)26)20(27)28-14-15-4-2-1-3-5-15/h1-11,13H,12,14,23H2,(H,25,26). The first-order valence-electron chi connectivity index (χ1n) is 8.55. The Bertz CT molecular complexity index is 970. The number of carbonyl (C=O) groups is 2. The number of benzene rings is 2. The second-order valence-electron chi connectivity index (χ2n) is 6.39. The van der Waals surface area contributed by atoms with Crippen LogP contribution < -0.4 is 5.73 Å². The third-order valence-electron chi connectivity index (χ3n) is 4.34. The van der Waals surface area contributed by atoms with E-state index in [2.05, 4.69) is 0 Å². The average molecular weight is 382 g/mol. The molecular weight excluding hydrogens is 363 g/mol. The summed E-state index contributed by atoms with van der Waals surface area (Å²) in [7, 11) is 0. The zero-order valence-corrected chi connectivity index (χ0v) is 14.9. The Kier molecular flexibility index (Phi) is 5.56. The monoisotopic (exact) mass is 382 g/mol. The Hall–Kier alpha value is -3.45. The summed E-state index contributed by atoms with van der Waals surface area (Å²) in [5, 5.41) is 9.26. The van der Waals surface area contributed by atoms with E-state index in [4.69, 9.17) is 10.5 Å². The predicted molar refractivity (Wildman–Crippen MR) is 100 cm³/mol. The number of hydrogen-bond acceptors (Lipinski definition) is 4. The average Bonchev–Trinajstić information content (AvgIpc) is 3.17. The number of rotatable bonds is 7. The highest BCUT2D eigenvalue weighted by atomic mass is 19.1. The summed E-state index contributed by atoms with van der Waals surface area (Å²) < 4.78 is 20.0. The molecule has 0 bridgehead atoms. The number of halogens is 1. The first-order chi connectivity index (χ1) is 13.4. The molecule has 0 fully saturated rings. The maximum atomic E-state index is 13.1. The molecule has 3 rings (SSSR count). The zero-order chi connectivity index (χ0) is 20.1. The minimum Gasteiger partial charge on any atom is -0.481 e. The molecule has 1 unspecified atom stereocenters. The Labute approximate surface area is 161 Å². The Morgan fingerprint density at radius 3 is 2.39 bits per heavy atom. The molecule has 0 aliphatic heterocycles. The topological polar surface area (TPSA) is 94.6 Å². The van der Waals surface area contributed by atoms with Crippen molar-refractivity contribution in [1.29, 1.82) is 0 Å². The lowest BCUT2D eigenvalue weighted by Gasteiger charge is -2.25. The molecule has 1 atom stereocenters. The van der Waals surface area contributed by atoms with Gasteiger partial charge in [0.15, 0.2) is 5.54 Å². The van der Waals surface area contributed by atoms with Crippen LogP contribution in [0.3, 0.4) is 0 Å². The van der Waals surface area contributed by atoms with Crippen molar-refractivity contribution in [3.63, 3.8) is 0 Å². The van der Waals surface area contributed by atoms with Gasteiger partial charge in [-0.3, -0.25) is 4.79 Å². The molecule has 28 heavy (non-hydrogen) atoms. The molecule has 3 N–H and O–H groups in total. The number of aromatic nitrogens is 1. The third kappa shape index (κ3) is 4.27. The molecule has 1 aromatic heterocycles. The smallest absolute Gasteiger partial charge is 0.331 e. The molecular formula is C21H19FN2O4. The molecule has 7 heteroatoms. The molecule has 0 saturated carbocycles. The van der Waals surface area contributed by atoms with Crippen LogP contribution in [0.15, 0.2) is 73.1 Å². The van der Waals surface area contributed by atoms with Crippen molar-refractivity contribution < 1.29 is 23.8 Å². The van der Waals surface area contributed by atoms with Crippen LogP contribution in [0.1, 0.15) is 17.5 Å². The molecule has 0 aliphatic rings. The van der Waals surface area contributed by atoms with Gasteiger partial charge < -0.3 is 20.1 Å². The predicted octanol–water partition coefficient (Wildman–Crippen LogP) is 2.99. The fraction of sp³-hybridized carbons (Fsp3) is 0.143. The van der Waals surface area contributed by atoms with Crippen LogP contribution in [-0.4, -0.2) is 21.6 Å². The normalized spacial score (nSPS) is 12.9. The van der Waals surface area contributed by atoms with Gasteiger partial charge in [0, 0.05) is 23.6 Å². The van der Waals surface area contributed by atoms with Gasteiger partial charge in [0.1, 0.15) is 12.4 Å². The van der Waals surface area contributed by atoms with Crippen LogP contribution in [0, 0.1) is 5.82 Å². The van der Waals surface area contributed by atoms with Gasteiger partial charge in [0.2, 0.25) is 0 Å². The SMILES string of the molecule is NC(CC(=O)O)(C(=O)OCc1ccccc1)c1ccn(-c2ccc(F)cc2)c1. The molecule has 1 heterocycles. The number of aliphatic carboxylic acids is 1. The summed E-state index contributed by atoms with van der Waals surface area (Å²) in [5.74, 6) is -2.44. The minimum absolute atomic E-state index is 0.0170. The summed E-state index contributed by atoms with van der Waals surface area (Å²) in [5.41, 5.74) is 6.05. The molecule has 2 aromatic carbocycles. The van der Waals surface area contributed by atoms with Gasteiger partial charge in [-0.2, -0.15) is 0 Å². The Balaban J connectivity index is 1.85. The molecule has 0 saturated heterocycles. The molecule has 144 valence electrons. The van der Waals surface area contributed by atoms with Gasteiger partial charge in [-0.25, -0.2) is 9.18 Å². The summed E-state index contributed by atoms with van der Waals surface area (Å²) in [6.07, 6.45) is 2.53. The fourth-order valence-corrected chi connectivity index (χ4v) is 2.82. The lowest BCUT2D eigenvalue weighted by molar-refractivity contribution is -0.156. The van der Waals surface area contributed by atoms with Crippen LogP contribution in [0.25, 0.3) is 5.69 Å². The van der Waals surface area contributed by atoms with Crippen molar-refractivity contribution in [3.8, 4) is 5.69 Å². The summed E-state index contributed by atoms with van der Waals surface area (Å²) in [6.45, 7) is -0.0170. The van der Waals surface area contributed by atoms with Crippen molar-refractivity contribution >= 4 is 11.9 Å². The summed E-state index contributed by atoms with van der Waals surface area (Å²) in [6, 6.07) is 16.3. The highest BCUT2D eigenvalue weighted by Crippen LogP contribution is 2.26. The summed E-state index contributed by atoms with van der Waals surface area (Å²) in [4.78, 5) is 24.0. The van der Waals surface area contributed by atoms with Gasteiger partial charge in [-0.1, -0.05) is 30.3 Å². The van der Waals surface area contributed by atoms with Crippen molar-refractivity contribution in [3.05, 3.63) is 90.0 Å². The van der Waals surface area contributed by atoms with E-state index in [1.807, 2.05) is 6.07 Å². The number of esters is 1. The van der Waals surface area contributed by atoms with Gasteiger partial charge in [0.05, 0.1) is 6.42 Å². The summed E-state index contributed by atoms with van der Waals surface area (Å²) >= 11 is 0. The van der Waals surface area contributed by atoms with E-state index in [0.717, 1.165) is 5.56 Å². The van der Waals surface area contributed by atoms with E-state index >= 15 is 0 Å². The van der Waals surface area contributed by atoms with E-state index < -0.39 is 23.9 Å². The van der Waals surface area contributed by atoms with E-state index in [1.165, 1.54) is 12.1 Å². The lowest BCUT2D eigenvalue weighted by Crippen LogP contribution is -2.47. The minimum atomic E-state index is -1.86. The van der Waals surface area contributed by atoms with E-state index in [-0.39, 0.29) is 18.0 Å². The van der Waals surface area contributed by atoms with E-state index in [1.54, 1.807) is 59.4 Å². The van der Waals surface area contributed by atoms with E-state index in [9.17, 15) is 19.1 Å². The number of carboxylic acid groups (broad SMARTS) is 1. The van der Waals surface area contributed by atoms with Crippen molar-refractivity contribution in [1.82, 2.24) is 4.57 Å². The van der Waals surface area contributed by atoms with Crippen molar-refractivity contribution in [2.45, 2.75) is 18.6 Å². The van der Waals surface area contributed by atoms with E-state index in [0.29, 0.717) is 5.69 Å². The largest absolute Gasteiger partial charge is 0.481 e. The first-order valence-corrected chi connectivity index (χ1v) is 8.55. The second-order valence-corrected chi connectivity index (χ2v) is 6.39. The second kappa shape index (κ2) is 8.06. The molecule has 0 amide bonds. The Morgan fingerprint density at radius 1 is 1.07 bits per heavy atom.